The third-order valence-corrected chi connectivity index (χ3v) is 6.58. The van der Waals surface area contributed by atoms with Gasteiger partial charge in [0.25, 0.3) is 0 Å². The Morgan fingerprint density at radius 3 is 2.48 bits per heavy atom. The molecule has 1 aliphatic carbocycles. The zero-order valence-corrected chi connectivity index (χ0v) is 15.1. The summed E-state index contributed by atoms with van der Waals surface area (Å²) in [6, 6.07) is 2.28. The number of likely N-dealkylation sites (tertiary alicyclic amines) is 1. The summed E-state index contributed by atoms with van der Waals surface area (Å²) in [5.41, 5.74) is 0.508. The Kier molecular flexibility index (Phi) is 6.14. The quantitative estimate of drug-likeness (QED) is 0.806. The second-order valence-corrected chi connectivity index (χ2v) is 8.17. The standard InChI is InChI=1S/C19H38N2/c1-6-19(4,5)16-11-12-17(20-7-2)18(14-16)21-13-9-8-10-15(21)3/h15-18,20H,6-14H2,1-5H3. The summed E-state index contributed by atoms with van der Waals surface area (Å²) in [6.07, 6.45) is 9.74. The van der Waals surface area contributed by atoms with Gasteiger partial charge in [0.1, 0.15) is 0 Å². The Labute approximate surface area is 133 Å². The van der Waals surface area contributed by atoms with E-state index in [0.29, 0.717) is 5.41 Å². The molecule has 1 heterocycles. The summed E-state index contributed by atoms with van der Waals surface area (Å²) in [5.74, 6) is 0.900. The van der Waals surface area contributed by atoms with Crippen LogP contribution in [0, 0.1) is 11.3 Å². The summed E-state index contributed by atoms with van der Waals surface area (Å²) in [6.45, 7) is 14.5. The Balaban J connectivity index is 2.10. The highest BCUT2D eigenvalue weighted by Crippen LogP contribution is 2.42. The van der Waals surface area contributed by atoms with E-state index in [1.54, 1.807) is 0 Å². The molecule has 0 amide bonds. The van der Waals surface area contributed by atoms with E-state index >= 15 is 0 Å². The minimum atomic E-state index is 0.508. The van der Waals surface area contributed by atoms with E-state index in [0.717, 1.165) is 30.6 Å². The molecule has 0 aromatic heterocycles. The van der Waals surface area contributed by atoms with Gasteiger partial charge < -0.3 is 5.32 Å². The van der Waals surface area contributed by atoms with Crippen LogP contribution in [0.1, 0.15) is 79.6 Å². The van der Waals surface area contributed by atoms with Crippen LogP contribution in [-0.2, 0) is 0 Å². The van der Waals surface area contributed by atoms with Gasteiger partial charge in [0, 0.05) is 18.1 Å². The maximum Gasteiger partial charge on any atom is 0.0254 e. The van der Waals surface area contributed by atoms with Crippen LogP contribution in [0.3, 0.4) is 0 Å². The van der Waals surface area contributed by atoms with Crippen LogP contribution in [0.4, 0.5) is 0 Å². The smallest absolute Gasteiger partial charge is 0.0254 e. The van der Waals surface area contributed by atoms with Crippen LogP contribution in [-0.4, -0.2) is 36.1 Å². The number of rotatable bonds is 5. The molecule has 2 rings (SSSR count). The zero-order valence-electron chi connectivity index (χ0n) is 15.1. The molecule has 1 saturated carbocycles. The van der Waals surface area contributed by atoms with Crippen molar-refractivity contribution in [2.24, 2.45) is 11.3 Å². The summed E-state index contributed by atoms with van der Waals surface area (Å²) in [5, 5.41) is 3.80. The fraction of sp³-hybridized carbons (Fsp3) is 1.00. The van der Waals surface area contributed by atoms with Crippen LogP contribution >= 0.6 is 0 Å². The average molecular weight is 295 g/mol. The molecule has 21 heavy (non-hydrogen) atoms. The van der Waals surface area contributed by atoms with E-state index in [-0.39, 0.29) is 0 Å². The lowest BCUT2D eigenvalue weighted by Crippen LogP contribution is -2.57. The van der Waals surface area contributed by atoms with Crippen molar-refractivity contribution in [1.82, 2.24) is 10.2 Å². The van der Waals surface area contributed by atoms with Crippen molar-refractivity contribution in [2.75, 3.05) is 13.1 Å². The molecular weight excluding hydrogens is 256 g/mol. The SMILES string of the molecule is CCNC1CCC(C(C)(C)CC)CC1N1CCCCC1C. The Morgan fingerprint density at radius 1 is 1.10 bits per heavy atom. The number of nitrogens with one attached hydrogen (secondary N) is 1. The first-order valence-corrected chi connectivity index (χ1v) is 9.48. The lowest BCUT2D eigenvalue weighted by Gasteiger charge is -2.50. The number of likely N-dealkylation sites (N-methyl/N-ethyl adjacent to an activating group) is 1. The Hall–Kier alpha value is -0.0800. The van der Waals surface area contributed by atoms with Crippen molar-refractivity contribution in [1.29, 1.82) is 0 Å². The molecule has 1 saturated heterocycles. The van der Waals surface area contributed by atoms with Crippen molar-refractivity contribution in [3.05, 3.63) is 0 Å². The molecule has 0 radical (unpaired) electrons. The molecule has 0 spiro atoms. The van der Waals surface area contributed by atoms with Gasteiger partial charge in [-0.3, -0.25) is 4.90 Å². The van der Waals surface area contributed by atoms with Crippen LogP contribution in [0.2, 0.25) is 0 Å². The van der Waals surface area contributed by atoms with Crippen molar-refractivity contribution < 1.29 is 0 Å². The Bertz CT molecular complexity index is 313. The van der Waals surface area contributed by atoms with Crippen molar-refractivity contribution in [3.63, 3.8) is 0 Å². The average Bonchev–Trinajstić information content (AvgIpc) is 2.48. The normalized spacial score (nSPS) is 35.9. The number of hydrogen-bond donors (Lipinski definition) is 1. The zero-order chi connectivity index (χ0) is 15.5. The first-order valence-electron chi connectivity index (χ1n) is 9.48. The monoisotopic (exact) mass is 294 g/mol. The molecule has 1 aliphatic heterocycles. The van der Waals surface area contributed by atoms with Crippen LogP contribution in [0.5, 0.6) is 0 Å². The molecular formula is C19H38N2. The van der Waals surface area contributed by atoms with Gasteiger partial charge in [0.2, 0.25) is 0 Å². The highest BCUT2D eigenvalue weighted by molar-refractivity contribution is 4.96. The van der Waals surface area contributed by atoms with Crippen LogP contribution in [0.25, 0.3) is 0 Å². The van der Waals surface area contributed by atoms with Gasteiger partial charge in [-0.2, -0.15) is 0 Å². The highest BCUT2D eigenvalue weighted by Gasteiger charge is 2.40. The molecule has 4 atom stereocenters. The third-order valence-electron chi connectivity index (χ3n) is 6.58. The second kappa shape index (κ2) is 7.46. The predicted octanol–water partition coefficient (Wildman–Crippen LogP) is 4.44. The summed E-state index contributed by atoms with van der Waals surface area (Å²) in [7, 11) is 0. The summed E-state index contributed by atoms with van der Waals surface area (Å²) < 4.78 is 0. The number of hydrogen-bond acceptors (Lipinski definition) is 2. The lowest BCUT2D eigenvalue weighted by molar-refractivity contribution is 0.0165. The van der Waals surface area contributed by atoms with Gasteiger partial charge in [-0.05, 0) is 63.5 Å². The van der Waals surface area contributed by atoms with Crippen molar-refractivity contribution >= 4 is 0 Å². The van der Waals surface area contributed by atoms with Crippen LogP contribution < -0.4 is 5.32 Å². The number of piperidine rings is 1. The largest absolute Gasteiger partial charge is 0.313 e. The maximum absolute atomic E-state index is 3.80. The molecule has 0 bridgehead atoms. The van der Waals surface area contributed by atoms with Crippen LogP contribution in [0.15, 0.2) is 0 Å². The van der Waals surface area contributed by atoms with E-state index in [9.17, 15) is 0 Å². The molecule has 1 N–H and O–H groups in total. The van der Waals surface area contributed by atoms with E-state index in [4.69, 9.17) is 0 Å². The topological polar surface area (TPSA) is 15.3 Å². The van der Waals surface area contributed by atoms with Gasteiger partial charge in [-0.25, -0.2) is 0 Å². The summed E-state index contributed by atoms with van der Waals surface area (Å²) in [4.78, 5) is 2.86. The summed E-state index contributed by atoms with van der Waals surface area (Å²) >= 11 is 0. The predicted molar refractivity (Wildman–Crippen MR) is 92.7 cm³/mol. The van der Waals surface area contributed by atoms with Crippen molar-refractivity contribution in [3.8, 4) is 0 Å². The third kappa shape index (κ3) is 4.01. The van der Waals surface area contributed by atoms with Gasteiger partial charge >= 0.3 is 0 Å². The molecule has 2 aliphatic rings. The molecule has 2 heteroatoms. The molecule has 4 unspecified atom stereocenters. The second-order valence-electron chi connectivity index (χ2n) is 8.17. The number of nitrogens with zero attached hydrogens (tertiary/aromatic N) is 1. The minimum absolute atomic E-state index is 0.508. The molecule has 0 aromatic rings. The highest BCUT2D eigenvalue weighted by atomic mass is 15.2. The fourth-order valence-corrected chi connectivity index (χ4v) is 4.63. The minimum Gasteiger partial charge on any atom is -0.313 e. The van der Waals surface area contributed by atoms with Gasteiger partial charge in [-0.15, -0.1) is 0 Å². The fourth-order valence-electron chi connectivity index (χ4n) is 4.63. The molecule has 2 fully saturated rings. The molecule has 124 valence electrons. The first kappa shape index (κ1) is 17.3. The first-order chi connectivity index (χ1) is 9.99. The maximum atomic E-state index is 3.80. The van der Waals surface area contributed by atoms with Gasteiger partial charge in [0.05, 0.1) is 0 Å². The lowest BCUT2D eigenvalue weighted by atomic mass is 9.67. The van der Waals surface area contributed by atoms with E-state index in [1.807, 2.05) is 0 Å². The molecule has 2 nitrogen and oxygen atoms in total. The van der Waals surface area contributed by atoms with E-state index in [1.165, 1.54) is 51.5 Å². The van der Waals surface area contributed by atoms with E-state index in [2.05, 4.69) is 44.8 Å². The van der Waals surface area contributed by atoms with E-state index < -0.39 is 0 Å². The van der Waals surface area contributed by atoms with Gasteiger partial charge in [0.15, 0.2) is 0 Å². The van der Waals surface area contributed by atoms with Gasteiger partial charge in [-0.1, -0.05) is 40.5 Å². The Morgan fingerprint density at radius 2 is 1.86 bits per heavy atom. The van der Waals surface area contributed by atoms with Crippen molar-refractivity contribution in [2.45, 2.75) is 97.7 Å². The molecule has 0 aromatic carbocycles.